The van der Waals surface area contributed by atoms with E-state index >= 15 is 8.78 Å². The van der Waals surface area contributed by atoms with Crippen molar-refractivity contribution in [3.63, 3.8) is 0 Å². The molecule has 4 rings (SSSR count). The highest BCUT2D eigenvalue weighted by Gasteiger charge is 2.47. The fraction of sp³-hybridized carbons (Fsp3) is 0.567. The molecule has 272 valence electrons. The van der Waals surface area contributed by atoms with Crippen molar-refractivity contribution in [3.05, 3.63) is 34.7 Å². The quantitative estimate of drug-likeness (QED) is 0.178. The van der Waals surface area contributed by atoms with Crippen LogP contribution in [0, 0.1) is 0 Å². The molecule has 0 aliphatic carbocycles. The Labute approximate surface area is 287 Å². The van der Waals surface area contributed by atoms with E-state index in [4.69, 9.17) is 4.52 Å². The maximum atomic E-state index is 15.1. The Morgan fingerprint density at radius 1 is 1.20 bits per heavy atom. The maximum absolute atomic E-state index is 15.1. The summed E-state index contributed by atoms with van der Waals surface area (Å²) in [5.41, 5.74) is -4.28. The van der Waals surface area contributed by atoms with Gasteiger partial charge in [0.2, 0.25) is 21.8 Å². The lowest BCUT2D eigenvalue weighted by Crippen LogP contribution is -2.61. The van der Waals surface area contributed by atoms with Crippen molar-refractivity contribution in [2.24, 2.45) is 0 Å². The molecule has 0 saturated carbocycles. The second-order valence-corrected chi connectivity index (χ2v) is 17.3. The van der Waals surface area contributed by atoms with Gasteiger partial charge in [-0.3, -0.25) is 14.4 Å². The number of nitrogens with zero attached hydrogens (tertiary/aromatic N) is 2. The summed E-state index contributed by atoms with van der Waals surface area (Å²) in [7, 11) is -6.89. The number of fused-ring (bicyclic) bond motifs is 2. The van der Waals surface area contributed by atoms with Crippen LogP contribution < -0.4 is 15.4 Å². The van der Waals surface area contributed by atoms with E-state index in [1.807, 2.05) is 11.8 Å². The Morgan fingerprint density at radius 3 is 2.55 bits per heavy atom. The van der Waals surface area contributed by atoms with Crippen molar-refractivity contribution in [1.82, 2.24) is 25.2 Å². The summed E-state index contributed by atoms with van der Waals surface area (Å²) >= 11 is 1.03. The third-order valence-corrected chi connectivity index (χ3v) is 13.1. The van der Waals surface area contributed by atoms with Crippen LogP contribution in [0.3, 0.4) is 0 Å². The number of nitrogens with one attached hydrogen (secondary N) is 3. The summed E-state index contributed by atoms with van der Waals surface area (Å²) in [5.74, 6) is -3.86. The Bertz CT molecular complexity index is 1740. The molecule has 5 atom stereocenters. The van der Waals surface area contributed by atoms with E-state index in [0.29, 0.717) is 36.0 Å². The molecule has 49 heavy (non-hydrogen) atoms. The van der Waals surface area contributed by atoms with Crippen LogP contribution in [0.25, 0.3) is 10.1 Å². The van der Waals surface area contributed by atoms with Crippen molar-refractivity contribution >= 4 is 68.8 Å². The van der Waals surface area contributed by atoms with Crippen molar-refractivity contribution < 1.29 is 50.9 Å². The fourth-order valence-electron chi connectivity index (χ4n) is 6.06. The lowest BCUT2D eigenvalue weighted by atomic mass is 10.1. The highest BCUT2D eigenvalue weighted by atomic mass is 32.2. The number of carboxylic acid groups (broad SMARTS) is 1. The summed E-state index contributed by atoms with van der Waals surface area (Å²) in [6.45, 7) is 4.50. The van der Waals surface area contributed by atoms with Gasteiger partial charge in [0, 0.05) is 29.4 Å². The van der Waals surface area contributed by atoms with E-state index in [1.54, 1.807) is 0 Å². The molecule has 0 bridgehead atoms. The molecule has 3 amide bonds. The van der Waals surface area contributed by atoms with Gasteiger partial charge >= 0.3 is 11.6 Å². The smallest absolute Gasteiger partial charge is 0.334 e. The van der Waals surface area contributed by atoms with Crippen LogP contribution in [-0.2, 0) is 34.6 Å². The van der Waals surface area contributed by atoms with Crippen LogP contribution in [0.4, 0.5) is 8.78 Å². The van der Waals surface area contributed by atoms with Crippen LogP contribution in [0.2, 0.25) is 0 Å². The van der Waals surface area contributed by atoms with Crippen LogP contribution in [0.5, 0.6) is 0 Å². The third kappa shape index (κ3) is 8.67. The Kier molecular flexibility index (Phi) is 12.3. The van der Waals surface area contributed by atoms with Crippen molar-refractivity contribution in [2.75, 3.05) is 39.0 Å². The Morgan fingerprint density at radius 2 is 1.92 bits per heavy atom. The molecule has 19 heteroatoms. The number of aliphatic carboxylic acids is 1. The number of hydrogen-bond acceptors (Lipinski definition) is 10. The molecule has 3 heterocycles. The molecule has 2 aliphatic heterocycles. The average Bonchev–Trinajstić information content (AvgIpc) is 3.67. The number of carbonyl (C=O) groups excluding carboxylic acids is 3. The van der Waals surface area contributed by atoms with Gasteiger partial charge in [-0.05, 0) is 76.1 Å². The maximum Gasteiger partial charge on any atom is 0.334 e. The SMILES string of the molecule is C=P(O)(OCC)C(F)(F)c1ccc2sc(C(=O)NC3CN(CC)CCC4CCC(C(=O)NC(CCS(=O)(=O)NC)C(=O)O)N4C3=O)cc2c1. The van der Waals surface area contributed by atoms with Gasteiger partial charge in [0.25, 0.3) is 5.91 Å². The number of benzene rings is 1. The number of rotatable bonds is 14. The molecule has 2 saturated heterocycles. The summed E-state index contributed by atoms with van der Waals surface area (Å²) in [5, 5.41) is 15.1. The van der Waals surface area contributed by atoms with E-state index < -0.39 is 82.6 Å². The molecule has 0 radical (unpaired) electrons. The zero-order valence-corrected chi connectivity index (χ0v) is 29.9. The van der Waals surface area contributed by atoms with Gasteiger partial charge in [0.05, 0.1) is 17.2 Å². The van der Waals surface area contributed by atoms with Crippen LogP contribution in [0.1, 0.15) is 54.8 Å². The molecule has 5 N–H and O–H groups in total. The number of halogens is 2. The minimum Gasteiger partial charge on any atom is -0.480 e. The van der Waals surface area contributed by atoms with E-state index in [1.165, 1.54) is 31.0 Å². The van der Waals surface area contributed by atoms with Crippen molar-refractivity contribution in [3.8, 4) is 0 Å². The first-order valence-electron chi connectivity index (χ1n) is 15.8. The number of carboxylic acids is 1. The standard InChI is InChI=1S/C30H42F2N5O9PS2/c1-5-36-13-11-20-8-9-23(26(38)34-21(29(41)42)12-14-49(44,45)33-3)37(20)28(40)22(17-36)35-27(39)25-16-18-15-19(7-10-24(18)48-25)30(31,32)47(4,43)46-6-2/h7,10,15-16,20-23,33,43H,4-6,8-9,11-14,17H2,1-3H3,(H,34,38)(H,35,39)(H,41,42). The van der Waals surface area contributed by atoms with E-state index in [2.05, 4.69) is 21.7 Å². The lowest BCUT2D eigenvalue weighted by molar-refractivity contribution is -0.146. The predicted octanol–water partition coefficient (Wildman–Crippen LogP) is 1.95. The number of sulfonamides is 1. The molecule has 0 spiro atoms. The minimum atomic E-state index is -4.34. The number of thiophene rings is 1. The number of hydrogen-bond donors (Lipinski definition) is 5. The Hall–Kier alpha value is -2.99. The summed E-state index contributed by atoms with van der Waals surface area (Å²) in [4.78, 5) is 66.7. The van der Waals surface area contributed by atoms with Crippen molar-refractivity contribution in [2.45, 2.75) is 69.4 Å². The first kappa shape index (κ1) is 38.8. The second-order valence-electron chi connectivity index (χ2n) is 11.9. The largest absolute Gasteiger partial charge is 0.480 e. The second kappa shape index (κ2) is 15.5. The first-order valence-corrected chi connectivity index (χ1v) is 20.1. The van der Waals surface area contributed by atoms with Gasteiger partial charge < -0.3 is 35.0 Å². The average molecular weight is 750 g/mol. The topological polar surface area (TPSA) is 195 Å². The number of alkyl halides is 2. The van der Waals surface area contributed by atoms with Crippen LogP contribution >= 0.6 is 18.7 Å². The first-order chi connectivity index (χ1) is 22.9. The molecule has 1 aromatic heterocycles. The minimum absolute atomic E-state index is 0.128. The van der Waals surface area contributed by atoms with E-state index in [-0.39, 0.29) is 30.5 Å². The summed E-state index contributed by atoms with van der Waals surface area (Å²) in [6, 6.07) is 1.11. The van der Waals surface area contributed by atoms with Gasteiger partial charge in [-0.25, -0.2) is 17.9 Å². The van der Waals surface area contributed by atoms with Crippen LogP contribution in [-0.4, -0.2) is 121 Å². The molecular formula is C30H42F2N5O9PS2. The summed E-state index contributed by atoms with van der Waals surface area (Å²) in [6.07, 6.45) is 4.08. The zero-order valence-electron chi connectivity index (χ0n) is 27.4. The molecule has 2 fully saturated rings. The molecule has 5 unspecified atom stereocenters. The fourth-order valence-corrected chi connectivity index (χ4v) is 8.89. The van der Waals surface area contributed by atoms with E-state index in [0.717, 1.165) is 23.5 Å². The Balaban J connectivity index is 1.55. The third-order valence-electron chi connectivity index (χ3n) is 8.80. The zero-order chi connectivity index (χ0) is 36.3. The lowest BCUT2D eigenvalue weighted by Gasteiger charge is -2.38. The van der Waals surface area contributed by atoms with Crippen LogP contribution in [0.15, 0.2) is 24.3 Å². The highest BCUT2D eigenvalue weighted by Crippen LogP contribution is 2.62. The number of likely N-dealkylation sites (N-methyl/N-ethyl adjacent to an activating group) is 1. The molecule has 2 aromatic rings. The molecule has 2 aliphatic rings. The molecular weight excluding hydrogens is 707 g/mol. The molecule has 1 aromatic carbocycles. The highest BCUT2D eigenvalue weighted by molar-refractivity contribution is 7.89. The van der Waals surface area contributed by atoms with E-state index in [9.17, 15) is 37.6 Å². The normalized spacial score (nSPS) is 22.5. The number of amides is 3. The summed E-state index contributed by atoms with van der Waals surface area (Å²) < 4.78 is 61.4. The monoisotopic (exact) mass is 749 g/mol. The number of carbonyl (C=O) groups is 4. The van der Waals surface area contributed by atoms with Gasteiger partial charge in [-0.2, -0.15) is 8.78 Å². The van der Waals surface area contributed by atoms with Gasteiger partial charge in [-0.15, -0.1) is 11.3 Å². The molecule has 14 nitrogen and oxygen atoms in total. The van der Waals surface area contributed by atoms with Gasteiger partial charge in [0.15, 0.2) is 7.34 Å². The van der Waals surface area contributed by atoms with Gasteiger partial charge in [-0.1, -0.05) is 13.0 Å². The van der Waals surface area contributed by atoms with Gasteiger partial charge in [0.1, 0.15) is 18.1 Å². The predicted molar refractivity (Wildman–Crippen MR) is 182 cm³/mol. The van der Waals surface area contributed by atoms with Crippen molar-refractivity contribution in [1.29, 1.82) is 0 Å².